The lowest BCUT2D eigenvalue weighted by Crippen LogP contribution is -2.20. The normalized spacial score (nSPS) is 15.6. The molecule has 0 spiro atoms. The van der Waals surface area contributed by atoms with E-state index in [1.807, 2.05) is 23.7 Å². The van der Waals surface area contributed by atoms with Gasteiger partial charge in [-0.2, -0.15) is 5.10 Å². The summed E-state index contributed by atoms with van der Waals surface area (Å²) in [6.45, 7) is 1.87. The fourth-order valence-electron chi connectivity index (χ4n) is 3.61. The number of carbonyl (C=O) groups is 1. The number of furan rings is 1. The van der Waals surface area contributed by atoms with E-state index >= 15 is 0 Å². The maximum Gasteiger partial charge on any atom is 0.292 e. The Morgan fingerprint density at radius 3 is 2.88 bits per heavy atom. The van der Waals surface area contributed by atoms with Crippen molar-refractivity contribution in [1.29, 1.82) is 0 Å². The molecular weight excluding hydrogens is 338 g/mol. The van der Waals surface area contributed by atoms with Gasteiger partial charge in [0.25, 0.3) is 5.91 Å². The highest BCUT2D eigenvalue weighted by atomic mass is 35.5. The van der Waals surface area contributed by atoms with Crippen LogP contribution in [0.15, 0.2) is 34.9 Å². The minimum absolute atomic E-state index is 0.262. The summed E-state index contributed by atoms with van der Waals surface area (Å²) < 4.78 is 7.69. The molecule has 5 nitrogen and oxygen atoms in total. The summed E-state index contributed by atoms with van der Waals surface area (Å²) in [5.41, 5.74) is 1.45. The fourth-order valence-corrected chi connectivity index (χ4v) is 3.78. The van der Waals surface area contributed by atoms with E-state index in [1.165, 1.54) is 19.3 Å². The predicted molar refractivity (Wildman–Crippen MR) is 98.3 cm³/mol. The number of halogens is 1. The highest BCUT2D eigenvalue weighted by molar-refractivity contribution is 6.31. The number of fused-ring (bicyclic) bond motifs is 1. The molecule has 0 unspecified atom stereocenters. The zero-order valence-electron chi connectivity index (χ0n) is 14.1. The number of amides is 1. The standard InChI is InChI=1S/C19H20ClN3O2/c1-12-15-11-13(20)7-8-16(15)25-18(12)19(24)22-17-9-10-21-23(17)14-5-3-2-4-6-14/h7-11,14H,2-6H2,1H3,(H,22,24). The van der Waals surface area contributed by atoms with E-state index in [1.54, 1.807) is 18.3 Å². The van der Waals surface area contributed by atoms with Crippen molar-refractivity contribution in [3.8, 4) is 0 Å². The molecule has 4 rings (SSSR count). The molecule has 0 saturated heterocycles. The average Bonchev–Trinajstić information content (AvgIpc) is 3.21. The summed E-state index contributed by atoms with van der Waals surface area (Å²) in [5.74, 6) is 0.769. The van der Waals surface area contributed by atoms with E-state index in [2.05, 4.69) is 10.4 Å². The minimum Gasteiger partial charge on any atom is -0.451 e. The van der Waals surface area contributed by atoms with Gasteiger partial charge in [0, 0.05) is 22.0 Å². The van der Waals surface area contributed by atoms with Crippen molar-refractivity contribution < 1.29 is 9.21 Å². The van der Waals surface area contributed by atoms with Crippen molar-refractivity contribution in [1.82, 2.24) is 9.78 Å². The largest absolute Gasteiger partial charge is 0.451 e. The molecule has 1 N–H and O–H groups in total. The second-order valence-corrected chi connectivity index (χ2v) is 7.04. The van der Waals surface area contributed by atoms with Crippen LogP contribution in [0.4, 0.5) is 5.82 Å². The predicted octanol–water partition coefficient (Wildman–Crippen LogP) is 5.35. The Morgan fingerprint density at radius 2 is 2.08 bits per heavy atom. The van der Waals surface area contributed by atoms with Gasteiger partial charge in [-0.1, -0.05) is 30.9 Å². The van der Waals surface area contributed by atoms with E-state index in [0.29, 0.717) is 22.4 Å². The van der Waals surface area contributed by atoms with Crippen molar-refractivity contribution in [3.05, 3.63) is 46.8 Å². The number of aryl methyl sites for hydroxylation is 1. The molecule has 1 aliphatic rings. The Morgan fingerprint density at radius 1 is 1.28 bits per heavy atom. The Bertz CT molecular complexity index is 922. The maximum atomic E-state index is 12.7. The summed E-state index contributed by atoms with van der Waals surface area (Å²) in [6.07, 6.45) is 7.64. The molecule has 1 saturated carbocycles. The summed E-state index contributed by atoms with van der Waals surface area (Å²) in [5, 5.41) is 8.86. The number of nitrogens with one attached hydrogen (secondary N) is 1. The first kappa shape index (κ1) is 16.2. The van der Waals surface area contributed by atoms with Crippen molar-refractivity contribution in [2.45, 2.75) is 45.1 Å². The topological polar surface area (TPSA) is 60.1 Å². The number of nitrogens with zero attached hydrogens (tertiary/aromatic N) is 2. The Labute approximate surface area is 151 Å². The molecule has 1 aliphatic carbocycles. The van der Waals surface area contributed by atoms with Crippen LogP contribution in [-0.4, -0.2) is 15.7 Å². The lowest BCUT2D eigenvalue weighted by atomic mass is 9.96. The third-order valence-electron chi connectivity index (χ3n) is 4.94. The molecule has 130 valence electrons. The smallest absolute Gasteiger partial charge is 0.292 e. The maximum absolute atomic E-state index is 12.7. The molecule has 1 fully saturated rings. The van der Waals surface area contributed by atoms with Crippen molar-refractivity contribution in [2.24, 2.45) is 0 Å². The third kappa shape index (κ3) is 3.04. The lowest BCUT2D eigenvalue weighted by Gasteiger charge is -2.23. The average molecular weight is 358 g/mol. The summed E-state index contributed by atoms with van der Waals surface area (Å²) in [6, 6.07) is 7.55. The lowest BCUT2D eigenvalue weighted by molar-refractivity contribution is 0.0996. The number of aromatic nitrogens is 2. The van der Waals surface area contributed by atoms with Crippen LogP contribution in [0, 0.1) is 6.92 Å². The summed E-state index contributed by atoms with van der Waals surface area (Å²) in [7, 11) is 0. The monoisotopic (exact) mass is 357 g/mol. The summed E-state index contributed by atoms with van der Waals surface area (Å²) >= 11 is 6.05. The zero-order valence-corrected chi connectivity index (χ0v) is 14.8. The van der Waals surface area contributed by atoms with Crippen LogP contribution < -0.4 is 5.32 Å². The first-order valence-electron chi connectivity index (χ1n) is 8.67. The van der Waals surface area contributed by atoms with Crippen LogP contribution in [0.1, 0.15) is 54.3 Å². The molecule has 2 aromatic heterocycles. The molecule has 1 amide bonds. The van der Waals surface area contributed by atoms with Gasteiger partial charge in [-0.15, -0.1) is 0 Å². The van der Waals surface area contributed by atoms with Gasteiger partial charge < -0.3 is 9.73 Å². The van der Waals surface area contributed by atoms with Gasteiger partial charge in [-0.25, -0.2) is 4.68 Å². The molecule has 25 heavy (non-hydrogen) atoms. The van der Waals surface area contributed by atoms with E-state index in [0.717, 1.165) is 29.6 Å². The number of hydrogen-bond donors (Lipinski definition) is 1. The van der Waals surface area contributed by atoms with Crippen LogP contribution in [0.2, 0.25) is 5.02 Å². The van der Waals surface area contributed by atoms with Crippen LogP contribution in [0.25, 0.3) is 11.0 Å². The molecule has 3 aromatic rings. The SMILES string of the molecule is Cc1c(C(=O)Nc2ccnn2C2CCCCC2)oc2ccc(Cl)cc12. The molecular formula is C19H20ClN3O2. The van der Waals surface area contributed by atoms with Gasteiger partial charge in [0.05, 0.1) is 12.2 Å². The molecule has 2 heterocycles. The van der Waals surface area contributed by atoms with E-state index in [-0.39, 0.29) is 5.91 Å². The first-order valence-corrected chi connectivity index (χ1v) is 9.05. The van der Waals surface area contributed by atoms with Gasteiger partial charge in [0.1, 0.15) is 11.4 Å². The number of hydrogen-bond acceptors (Lipinski definition) is 3. The van der Waals surface area contributed by atoms with Gasteiger partial charge in [0.15, 0.2) is 5.76 Å². The number of anilines is 1. The number of carbonyl (C=O) groups excluding carboxylic acids is 1. The quantitative estimate of drug-likeness (QED) is 0.687. The Hall–Kier alpha value is -2.27. The van der Waals surface area contributed by atoms with Crippen LogP contribution in [0.3, 0.4) is 0 Å². The van der Waals surface area contributed by atoms with Crippen LogP contribution in [-0.2, 0) is 0 Å². The van der Waals surface area contributed by atoms with Gasteiger partial charge in [0.2, 0.25) is 0 Å². The molecule has 0 atom stereocenters. The van der Waals surface area contributed by atoms with E-state index < -0.39 is 0 Å². The molecule has 6 heteroatoms. The van der Waals surface area contributed by atoms with Gasteiger partial charge in [-0.3, -0.25) is 4.79 Å². The van der Waals surface area contributed by atoms with Crippen molar-refractivity contribution in [2.75, 3.05) is 5.32 Å². The number of rotatable bonds is 3. The van der Waals surface area contributed by atoms with Crippen LogP contribution >= 0.6 is 11.6 Å². The Balaban J connectivity index is 1.61. The summed E-state index contributed by atoms with van der Waals surface area (Å²) in [4.78, 5) is 12.7. The second kappa shape index (κ2) is 6.56. The third-order valence-corrected chi connectivity index (χ3v) is 5.17. The van der Waals surface area contributed by atoms with Crippen molar-refractivity contribution in [3.63, 3.8) is 0 Å². The van der Waals surface area contributed by atoms with Crippen LogP contribution in [0.5, 0.6) is 0 Å². The van der Waals surface area contributed by atoms with Gasteiger partial charge in [-0.05, 0) is 38.0 Å². The highest BCUT2D eigenvalue weighted by Gasteiger charge is 2.22. The van der Waals surface area contributed by atoms with Gasteiger partial charge >= 0.3 is 0 Å². The van der Waals surface area contributed by atoms with Crippen molar-refractivity contribution >= 4 is 34.3 Å². The zero-order chi connectivity index (χ0) is 17.4. The molecule has 1 aromatic carbocycles. The number of benzene rings is 1. The highest BCUT2D eigenvalue weighted by Crippen LogP contribution is 2.31. The van der Waals surface area contributed by atoms with E-state index in [4.69, 9.17) is 16.0 Å². The second-order valence-electron chi connectivity index (χ2n) is 6.60. The molecule has 0 bridgehead atoms. The Kier molecular flexibility index (Phi) is 4.25. The molecule has 0 aliphatic heterocycles. The van der Waals surface area contributed by atoms with E-state index in [9.17, 15) is 4.79 Å². The molecule has 0 radical (unpaired) electrons. The first-order chi connectivity index (χ1) is 12.1. The minimum atomic E-state index is -0.262. The fraction of sp³-hybridized carbons (Fsp3) is 0.368.